The second kappa shape index (κ2) is 9.14. The Hall–Kier alpha value is -4.93. The van der Waals surface area contributed by atoms with Gasteiger partial charge in [0.1, 0.15) is 40.6 Å². The number of aromatic amines is 1. The molecule has 11 heteroatoms. The highest BCUT2D eigenvalue weighted by atomic mass is 19.1. The fourth-order valence-corrected chi connectivity index (χ4v) is 3.51. The van der Waals surface area contributed by atoms with Gasteiger partial charge in [0.2, 0.25) is 0 Å². The Morgan fingerprint density at radius 1 is 1.03 bits per heavy atom. The summed E-state index contributed by atoms with van der Waals surface area (Å²) in [5, 5.41) is 5.18. The minimum Gasteiger partial charge on any atom is -0.497 e. The van der Waals surface area contributed by atoms with Crippen LogP contribution in [0.2, 0.25) is 0 Å². The molecule has 9 nitrogen and oxygen atoms in total. The Bertz CT molecular complexity index is 1550. The molecule has 0 aliphatic heterocycles. The van der Waals surface area contributed by atoms with Crippen molar-refractivity contribution < 1.29 is 18.3 Å². The number of anilines is 3. The van der Waals surface area contributed by atoms with Crippen molar-refractivity contribution in [2.45, 2.75) is 0 Å². The third-order valence-corrected chi connectivity index (χ3v) is 5.20. The van der Waals surface area contributed by atoms with Gasteiger partial charge in [-0.05, 0) is 42.5 Å². The smallest absolute Gasteiger partial charge is 0.255 e. The number of H-pyrrole nitrogens is 1. The van der Waals surface area contributed by atoms with E-state index in [4.69, 9.17) is 4.74 Å². The van der Waals surface area contributed by atoms with Gasteiger partial charge in [-0.1, -0.05) is 6.07 Å². The van der Waals surface area contributed by atoms with Gasteiger partial charge in [-0.15, -0.1) is 0 Å². The highest BCUT2D eigenvalue weighted by Gasteiger charge is 2.20. The first kappa shape index (κ1) is 21.9. The SMILES string of the molecule is COc1cccc(C(=O)Nc2ccc(F)c(Nc3ncccc3-c3ncnc4nc[nH]c34)c2F)c1. The van der Waals surface area contributed by atoms with E-state index in [2.05, 4.69) is 35.6 Å². The van der Waals surface area contributed by atoms with Crippen LogP contribution in [0.3, 0.4) is 0 Å². The number of halogens is 2. The Labute approximate surface area is 197 Å². The third-order valence-electron chi connectivity index (χ3n) is 5.20. The maximum Gasteiger partial charge on any atom is 0.255 e. The summed E-state index contributed by atoms with van der Waals surface area (Å²) < 4.78 is 35.2. The fourth-order valence-electron chi connectivity index (χ4n) is 3.51. The molecule has 0 saturated heterocycles. The zero-order chi connectivity index (χ0) is 24.4. The molecule has 0 saturated carbocycles. The predicted octanol–water partition coefficient (Wildman–Crippen LogP) is 4.70. The lowest BCUT2D eigenvalue weighted by molar-refractivity contribution is 0.102. The fraction of sp³-hybridized carbons (Fsp3) is 0.0417. The summed E-state index contributed by atoms with van der Waals surface area (Å²) in [6.45, 7) is 0. The maximum absolute atomic E-state index is 15.4. The van der Waals surface area contributed by atoms with Crippen molar-refractivity contribution in [3.63, 3.8) is 0 Å². The summed E-state index contributed by atoms with van der Waals surface area (Å²) in [5.74, 6) is -1.82. The van der Waals surface area contributed by atoms with Crippen molar-refractivity contribution in [1.29, 1.82) is 0 Å². The van der Waals surface area contributed by atoms with Gasteiger partial charge < -0.3 is 20.4 Å². The number of ether oxygens (including phenoxy) is 1. The average molecular weight is 473 g/mol. The van der Waals surface area contributed by atoms with E-state index in [-0.39, 0.29) is 17.1 Å². The van der Waals surface area contributed by atoms with Gasteiger partial charge in [0.15, 0.2) is 11.5 Å². The van der Waals surface area contributed by atoms with Crippen LogP contribution in [-0.2, 0) is 0 Å². The molecule has 0 atom stereocenters. The number of carbonyl (C=O) groups excluding carboxylic acids is 1. The molecule has 1 amide bonds. The number of hydrogen-bond acceptors (Lipinski definition) is 7. The van der Waals surface area contributed by atoms with Crippen molar-refractivity contribution in [1.82, 2.24) is 24.9 Å². The van der Waals surface area contributed by atoms with Crippen LogP contribution in [0.25, 0.3) is 22.4 Å². The molecule has 5 aromatic rings. The van der Waals surface area contributed by atoms with Crippen LogP contribution < -0.4 is 15.4 Å². The molecule has 0 spiro atoms. The molecule has 0 unspecified atom stereocenters. The molecule has 174 valence electrons. The van der Waals surface area contributed by atoms with E-state index >= 15 is 4.39 Å². The van der Waals surface area contributed by atoms with E-state index in [1.54, 1.807) is 30.3 Å². The molecule has 0 fully saturated rings. The number of imidazole rings is 1. The van der Waals surface area contributed by atoms with E-state index in [0.717, 1.165) is 12.1 Å². The topological polar surface area (TPSA) is 118 Å². The monoisotopic (exact) mass is 473 g/mol. The normalized spacial score (nSPS) is 10.8. The Morgan fingerprint density at radius 2 is 1.91 bits per heavy atom. The maximum atomic E-state index is 15.4. The zero-order valence-electron chi connectivity index (χ0n) is 18.2. The van der Waals surface area contributed by atoms with Crippen LogP contribution in [0.15, 0.2) is 67.4 Å². The summed E-state index contributed by atoms with van der Waals surface area (Å²) in [6, 6.07) is 11.9. The minimum atomic E-state index is -0.993. The molecule has 35 heavy (non-hydrogen) atoms. The number of carbonyl (C=O) groups is 1. The van der Waals surface area contributed by atoms with E-state index in [1.165, 1.54) is 32.0 Å². The number of nitrogens with zero attached hydrogens (tertiary/aromatic N) is 4. The molecular weight excluding hydrogens is 456 g/mol. The molecule has 3 heterocycles. The van der Waals surface area contributed by atoms with Crippen molar-refractivity contribution >= 4 is 34.3 Å². The number of hydrogen-bond donors (Lipinski definition) is 3. The van der Waals surface area contributed by atoms with Crippen LogP contribution in [-0.4, -0.2) is 37.9 Å². The molecule has 0 aliphatic carbocycles. The van der Waals surface area contributed by atoms with Crippen molar-refractivity contribution in [3.05, 3.63) is 84.6 Å². The summed E-state index contributed by atoms with van der Waals surface area (Å²) in [6.07, 6.45) is 4.28. The first-order chi connectivity index (χ1) is 17.0. The second-order valence-electron chi connectivity index (χ2n) is 7.32. The number of rotatable bonds is 6. The van der Waals surface area contributed by atoms with Crippen molar-refractivity contribution in [2.75, 3.05) is 17.7 Å². The quantitative estimate of drug-likeness (QED) is 0.327. The molecule has 3 N–H and O–H groups in total. The highest BCUT2D eigenvalue weighted by molar-refractivity contribution is 6.05. The summed E-state index contributed by atoms with van der Waals surface area (Å²) in [5.41, 5.74) is 1.45. The summed E-state index contributed by atoms with van der Waals surface area (Å²) in [4.78, 5) is 32.3. The van der Waals surface area contributed by atoms with Gasteiger partial charge in [0.05, 0.1) is 19.1 Å². The summed E-state index contributed by atoms with van der Waals surface area (Å²) >= 11 is 0. The molecule has 3 aromatic heterocycles. The average Bonchev–Trinajstić information content (AvgIpc) is 3.38. The van der Waals surface area contributed by atoms with E-state index in [1.807, 2.05) is 0 Å². The van der Waals surface area contributed by atoms with Crippen LogP contribution in [0, 0.1) is 11.6 Å². The van der Waals surface area contributed by atoms with Gasteiger partial charge in [0.25, 0.3) is 5.91 Å². The van der Waals surface area contributed by atoms with Crippen molar-refractivity contribution in [3.8, 4) is 17.0 Å². The van der Waals surface area contributed by atoms with Crippen molar-refractivity contribution in [2.24, 2.45) is 0 Å². The number of methoxy groups -OCH3 is 1. The number of pyridine rings is 1. The number of fused-ring (bicyclic) bond motifs is 1. The van der Waals surface area contributed by atoms with Gasteiger partial charge >= 0.3 is 0 Å². The minimum absolute atomic E-state index is 0.149. The van der Waals surface area contributed by atoms with Crippen LogP contribution in [0.4, 0.5) is 26.0 Å². The molecule has 0 radical (unpaired) electrons. The lowest BCUT2D eigenvalue weighted by atomic mass is 10.1. The van der Waals surface area contributed by atoms with Crippen LogP contribution in [0.1, 0.15) is 10.4 Å². The first-order valence-electron chi connectivity index (χ1n) is 10.3. The second-order valence-corrected chi connectivity index (χ2v) is 7.32. The molecular formula is C24H17F2N7O2. The predicted molar refractivity (Wildman–Crippen MR) is 126 cm³/mol. The molecule has 0 bridgehead atoms. The molecule has 2 aromatic carbocycles. The zero-order valence-corrected chi connectivity index (χ0v) is 18.2. The number of benzene rings is 2. The highest BCUT2D eigenvalue weighted by Crippen LogP contribution is 2.34. The Morgan fingerprint density at radius 3 is 2.77 bits per heavy atom. The number of aromatic nitrogens is 5. The van der Waals surface area contributed by atoms with Gasteiger partial charge in [-0.3, -0.25) is 4.79 Å². The van der Waals surface area contributed by atoms with E-state index in [9.17, 15) is 9.18 Å². The van der Waals surface area contributed by atoms with Gasteiger partial charge in [0, 0.05) is 17.3 Å². The van der Waals surface area contributed by atoms with Crippen LogP contribution in [0.5, 0.6) is 5.75 Å². The van der Waals surface area contributed by atoms with E-state index in [0.29, 0.717) is 28.2 Å². The third kappa shape index (κ3) is 4.22. The first-order valence-corrected chi connectivity index (χ1v) is 10.3. The van der Waals surface area contributed by atoms with Crippen LogP contribution >= 0.6 is 0 Å². The Kier molecular flexibility index (Phi) is 5.71. The van der Waals surface area contributed by atoms with Gasteiger partial charge in [-0.25, -0.2) is 28.7 Å². The molecule has 5 rings (SSSR count). The number of nitrogens with one attached hydrogen (secondary N) is 3. The lowest BCUT2D eigenvalue weighted by Crippen LogP contribution is -2.14. The lowest BCUT2D eigenvalue weighted by Gasteiger charge is -2.15. The number of amides is 1. The standard InChI is InChI=1S/C24H17F2N7O2/c1-35-14-5-2-4-13(10-14)24(34)32-17-8-7-16(25)20(18(17)26)33-22-15(6-3-9-27-22)19-21-23(30-11-28-19)31-12-29-21/h2-12H,1H3,(H,27,33)(H,32,34)(H,28,29,30,31). The van der Waals surface area contributed by atoms with Gasteiger partial charge in [-0.2, -0.15) is 0 Å². The molecule has 0 aliphatic rings. The Balaban J connectivity index is 1.49. The van der Waals surface area contributed by atoms with E-state index < -0.39 is 23.2 Å². The largest absolute Gasteiger partial charge is 0.497 e. The summed E-state index contributed by atoms with van der Waals surface area (Å²) in [7, 11) is 1.47.